The Hall–Kier alpha value is -3.15. The van der Waals surface area contributed by atoms with Gasteiger partial charge < -0.3 is 35.6 Å². The van der Waals surface area contributed by atoms with Crippen LogP contribution in [0.2, 0.25) is 0 Å². The van der Waals surface area contributed by atoms with E-state index in [1.54, 1.807) is 32.9 Å². The Morgan fingerprint density at radius 2 is 1.84 bits per heavy atom. The monoisotopic (exact) mass is 525 g/mol. The molecule has 2 aromatic rings. The van der Waals surface area contributed by atoms with E-state index in [4.69, 9.17) is 15.2 Å². The number of carbonyl (C=O) groups excluding carboxylic acids is 3. The number of phenolic OH excluding ortho intramolecular Hbond substituents is 2. The van der Waals surface area contributed by atoms with Gasteiger partial charge in [0.25, 0.3) is 0 Å². The first-order valence-electron chi connectivity index (χ1n) is 12.7. The van der Waals surface area contributed by atoms with Gasteiger partial charge in [0.05, 0.1) is 29.4 Å². The number of ketones is 3. The van der Waals surface area contributed by atoms with Gasteiger partial charge in [0.15, 0.2) is 23.6 Å². The molecule has 6 N–H and O–H groups in total. The lowest BCUT2D eigenvalue weighted by molar-refractivity contribution is -0.247. The van der Waals surface area contributed by atoms with Crippen molar-refractivity contribution >= 4 is 17.3 Å². The smallest absolute Gasteiger partial charge is 0.198 e. The van der Waals surface area contributed by atoms with Crippen molar-refractivity contribution in [3.63, 3.8) is 0 Å². The second kappa shape index (κ2) is 9.25. The molecule has 4 unspecified atom stereocenters. The molecule has 0 radical (unpaired) electrons. The summed E-state index contributed by atoms with van der Waals surface area (Å²) in [5.41, 5.74) is 4.07. The number of fused-ring (bicyclic) bond motifs is 3. The van der Waals surface area contributed by atoms with E-state index in [-0.39, 0.29) is 59.1 Å². The molecule has 6 atom stereocenters. The number of rotatable bonds is 4. The van der Waals surface area contributed by atoms with E-state index in [0.29, 0.717) is 5.56 Å². The SMILES string of the molecule is CCC(=O)[C@]1(O)Cc2c(O)c3c(c(O)c2[C@@H](OC2CC(N)C(O)C(C)O2)C1)C(=O)c1c(C)cccc1C3=O. The summed E-state index contributed by atoms with van der Waals surface area (Å²) in [6, 6.07) is 4.09. The number of carbonyl (C=O) groups is 3. The van der Waals surface area contributed by atoms with E-state index >= 15 is 0 Å². The third-order valence-electron chi connectivity index (χ3n) is 8.01. The number of aliphatic hydroxyl groups excluding tert-OH is 1. The first kappa shape index (κ1) is 26.5. The van der Waals surface area contributed by atoms with Crippen molar-refractivity contribution < 1.29 is 44.3 Å². The van der Waals surface area contributed by atoms with Gasteiger partial charge in [-0.05, 0) is 19.4 Å². The van der Waals surface area contributed by atoms with Crippen molar-refractivity contribution in [2.45, 2.75) is 82.7 Å². The van der Waals surface area contributed by atoms with Gasteiger partial charge >= 0.3 is 0 Å². The van der Waals surface area contributed by atoms with E-state index in [1.807, 2.05) is 0 Å². The minimum Gasteiger partial charge on any atom is -0.507 e. The molecule has 0 amide bonds. The highest BCUT2D eigenvalue weighted by atomic mass is 16.7. The van der Waals surface area contributed by atoms with Crippen LogP contribution in [0.3, 0.4) is 0 Å². The predicted molar refractivity (Wildman–Crippen MR) is 133 cm³/mol. The first-order chi connectivity index (χ1) is 17.9. The molecule has 1 heterocycles. The van der Waals surface area contributed by atoms with Crippen molar-refractivity contribution in [3.05, 3.63) is 57.1 Å². The lowest BCUT2D eigenvalue weighted by Gasteiger charge is -2.42. The third-order valence-corrected chi connectivity index (χ3v) is 8.01. The van der Waals surface area contributed by atoms with Crippen LogP contribution in [0.15, 0.2) is 18.2 Å². The minimum absolute atomic E-state index is 0.00367. The van der Waals surface area contributed by atoms with Crippen molar-refractivity contribution in [2.24, 2.45) is 5.73 Å². The summed E-state index contributed by atoms with van der Waals surface area (Å²) in [5, 5.41) is 44.4. The Labute approximate surface area is 219 Å². The molecule has 2 aromatic carbocycles. The predicted octanol–water partition coefficient (Wildman–Crippen LogP) is 1.72. The van der Waals surface area contributed by atoms with Gasteiger partial charge in [-0.2, -0.15) is 0 Å². The topological polar surface area (TPSA) is 177 Å². The van der Waals surface area contributed by atoms with E-state index in [9.17, 15) is 34.8 Å². The zero-order valence-corrected chi connectivity index (χ0v) is 21.4. The molecule has 10 nitrogen and oxygen atoms in total. The maximum Gasteiger partial charge on any atom is 0.198 e. The summed E-state index contributed by atoms with van der Waals surface area (Å²) in [6.45, 7) is 4.88. The molecule has 0 saturated carbocycles. The molecule has 202 valence electrons. The van der Waals surface area contributed by atoms with Gasteiger partial charge in [0.2, 0.25) is 0 Å². The zero-order valence-electron chi connectivity index (χ0n) is 21.4. The largest absolute Gasteiger partial charge is 0.507 e. The fraction of sp³-hybridized carbons (Fsp3) is 0.464. The number of hydrogen-bond acceptors (Lipinski definition) is 10. The second-order valence-electron chi connectivity index (χ2n) is 10.5. The molecule has 2 aliphatic carbocycles. The lowest BCUT2D eigenvalue weighted by Crippen LogP contribution is -2.52. The molecule has 1 saturated heterocycles. The number of aromatic hydroxyl groups is 2. The molecule has 5 rings (SSSR count). The Morgan fingerprint density at radius 1 is 1.16 bits per heavy atom. The summed E-state index contributed by atoms with van der Waals surface area (Å²) in [7, 11) is 0. The fourth-order valence-corrected chi connectivity index (χ4v) is 5.97. The number of ether oxygens (including phenoxy) is 2. The van der Waals surface area contributed by atoms with Gasteiger partial charge in [-0.25, -0.2) is 0 Å². The minimum atomic E-state index is -1.97. The van der Waals surface area contributed by atoms with Crippen molar-refractivity contribution in [1.29, 1.82) is 0 Å². The third kappa shape index (κ3) is 3.87. The molecular formula is C28H31NO9. The normalized spacial score (nSPS) is 30.4. The van der Waals surface area contributed by atoms with E-state index in [2.05, 4.69) is 0 Å². The Kier molecular flexibility index (Phi) is 6.44. The van der Waals surface area contributed by atoms with Crippen molar-refractivity contribution in [3.8, 4) is 11.5 Å². The maximum atomic E-state index is 13.6. The number of aryl methyl sites for hydroxylation is 1. The summed E-state index contributed by atoms with van der Waals surface area (Å²) in [4.78, 5) is 39.9. The van der Waals surface area contributed by atoms with E-state index < -0.39 is 65.1 Å². The van der Waals surface area contributed by atoms with Gasteiger partial charge in [-0.1, -0.05) is 25.1 Å². The number of phenols is 2. The Balaban J connectivity index is 1.68. The van der Waals surface area contributed by atoms with Gasteiger partial charge in [0, 0.05) is 54.0 Å². The molecule has 1 fully saturated rings. The first-order valence-corrected chi connectivity index (χ1v) is 12.7. The summed E-state index contributed by atoms with van der Waals surface area (Å²) in [5.74, 6) is -2.92. The lowest BCUT2D eigenvalue weighted by atomic mass is 9.71. The number of Topliss-reactive ketones (excluding diaryl/α,β-unsaturated/α-hetero) is 1. The van der Waals surface area contributed by atoms with Crippen LogP contribution in [0.1, 0.15) is 87.7 Å². The molecule has 0 bridgehead atoms. The number of hydrogen-bond donors (Lipinski definition) is 5. The summed E-state index contributed by atoms with van der Waals surface area (Å²) >= 11 is 0. The second-order valence-corrected chi connectivity index (χ2v) is 10.5. The number of nitrogens with two attached hydrogens (primary N) is 1. The number of aliphatic hydroxyl groups is 2. The van der Waals surface area contributed by atoms with Crippen LogP contribution in [-0.2, 0) is 20.7 Å². The average Bonchev–Trinajstić information content (AvgIpc) is 2.86. The van der Waals surface area contributed by atoms with Crippen LogP contribution in [0.25, 0.3) is 0 Å². The molecule has 0 aromatic heterocycles. The molecule has 1 aliphatic heterocycles. The van der Waals surface area contributed by atoms with Gasteiger partial charge in [0.1, 0.15) is 17.1 Å². The highest BCUT2D eigenvalue weighted by Crippen LogP contribution is 2.52. The van der Waals surface area contributed by atoms with Crippen molar-refractivity contribution in [1.82, 2.24) is 0 Å². The number of benzene rings is 2. The standard InChI is InChI=1S/C28H31NO9/c1-4-17(30)28(36)9-14-20(16(10-28)38-18-8-15(29)23(31)12(3)37-18)27(35)22-21(25(14)33)24(32)13-7-5-6-11(2)19(13)26(22)34/h5-7,12,15-16,18,23,31,33,35-36H,4,8-10,29H2,1-3H3/t12?,15?,16-,18?,23?,28-/m0/s1. The van der Waals surface area contributed by atoms with E-state index in [1.165, 1.54) is 6.07 Å². The Morgan fingerprint density at radius 3 is 2.50 bits per heavy atom. The van der Waals surface area contributed by atoms with Crippen LogP contribution in [-0.4, -0.2) is 67.9 Å². The summed E-state index contributed by atoms with van der Waals surface area (Å²) < 4.78 is 11.9. The molecular weight excluding hydrogens is 494 g/mol. The molecule has 38 heavy (non-hydrogen) atoms. The molecule has 3 aliphatic rings. The Bertz CT molecular complexity index is 1360. The van der Waals surface area contributed by atoms with Crippen molar-refractivity contribution in [2.75, 3.05) is 0 Å². The van der Waals surface area contributed by atoms with E-state index in [0.717, 1.165) is 0 Å². The average molecular weight is 526 g/mol. The fourth-order valence-electron chi connectivity index (χ4n) is 5.97. The quantitative estimate of drug-likeness (QED) is 0.315. The van der Waals surface area contributed by atoms with Crippen LogP contribution in [0.5, 0.6) is 11.5 Å². The molecule has 10 heteroatoms. The zero-order chi connectivity index (χ0) is 27.7. The van der Waals surface area contributed by atoms with Crippen LogP contribution in [0.4, 0.5) is 0 Å². The van der Waals surface area contributed by atoms with Gasteiger partial charge in [-0.15, -0.1) is 0 Å². The van der Waals surface area contributed by atoms with Crippen LogP contribution >= 0.6 is 0 Å². The van der Waals surface area contributed by atoms with Crippen LogP contribution in [0, 0.1) is 6.92 Å². The molecule has 0 spiro atoms. The highest BCUT2D eigenvalue weighted by molar-refractivity contribution is 6.31. The highest BCUT2D eigenvalue weighted by Gasteiger charge is 2.49. The van der Waals surface area contributed by atoms with Gasteiger partial charge in [-0.3, -0.25) is 14.4 Å². The summed E-state index contributed by atoms with van der Waals surface area (Å²) in [6.07, 6.45) is -4.37. The maximum absolute atomic E-state index is 13.6. The van der Waals surface area contributed by atoms with Crippen LogP contribution < -0.4 is 5.73 Å².